The number of amides is 1. The van der Waals surface area contributed by atoms with Crippen molar-refractivity contribution in [3.63, 3.8) is 0 Å². The molecule has 0 saturated carbocycles. The van der Waals surface area contributed by atoms with E-state index in [-0.39, 0.29) is 10.7 Å². The van der Waals surface area contributed by atoms with Crippen molar-refractivity contribution in [2.24, 2.45) is 0 Å². The molecule has 0 fully saturated rings. The Kier molecular flexibility index (Phi) is 6.88. The summed E-state index contributed by atoms with van der Waals surface area (Å²) in [5, 5.41) is 6.53. The first-order valence-electron chi connectivity index (χ1n) is 11.7. The second kappa shape index (κ2) is 10.3. The van der Waals surface area contributed by atoms with Crippen molar-refractivity contribution in [3.05, 3.63) is 101 Å². The minimum absolute atomic E-state index is 0.106. The third-order valence-corrected chi connectivity index (χ3v) is 6.21. The fraction of sp³-hybridized carbons (Fsp3) is 0.107. The Hall–Kier alpha value is -4.57. The summed E-state index contributed by atoms with van der Waals surface area (Å²) in [4.78, 5) is 30.3. The first kappa shape index (κ1) is 26.1. The summed E-state index contributed by atoms with van der Waals surface area (Å²) in [6, 6.07) is 14.9. The molecule has 196 valence electrons. The van der Waals surface area contributed by atoms with Crippen LogP contribution in [0.25, 0.3) is 22.2 Å². The van der Waals surface area contributed by atoms with Crippen molar-refractivity contribution >= 4 is 45.7 Å². The molecule has 7 nitrogen and oxygen atoms in total. The van der Waals surface area contributed by atoms with E-state index in [9.17, 15) is 18.0 Å². The van der Waals surface area contributed by atoms with E-state index in [1.165, 1.54) is 12.1 Å². The number of nitrogens with one attached hydrogen (secondary N) is 2. The van der Waals surface area contributed by atoms with Crippen LogP contribution in [0.5, 0.6) is 0 Å². The zero-order valence-electron chi connectivity index (χ0n) is 20.6. The normalized spacial score (nSPS) is 11.4. The van der Waals surface area contributed by atoms with Crippen LogP contribution in [0.2, 0.25) is 5.15 Å². The van der Waals surface area contributed by atoms with Gasteiger partial charge in [0.2, 0.25) is 5.95 Å². The lowest BCUT2D eigenvalue weighted by molar-refractivity contribution is -0.137. The van der Waals surface area contributed by atoms with Crippen LogP contribution in [-0.4, -0.2) is 25.8 Å². The summed E-state index contributed by atoms with van der Waals surface area (Å²) in [6.45, 7) is 3.76. The predicted molar refractivity (Wildman–Crippen MR) is 144 cm³/mol. The van der Waals surface area contributed by atoms with E-state index in [1.54, 1.807) is 36.7 Å². The molecule has 0 unspecified atom stereocenters. The van der Waals surface area contributed by atoms with Gasteiger partial charge in [-0.05, 0) is 67.9 Å². The second-order valence-electron chi connectivity index (χ2n) is 8.80. The van der Waals surface area contributed by atoms with Crippen molar-refractivity contribution in [2.75, 3.05) is 10.6 Å². The quantitative estimate of drug-likeness (QED) is 0.223. The zero-order valence-corrected chi connectivity index (χ0v) is 21.4. The van der Waals surface area contributed by atoms with Crippen molar-refractivity contribution < 1.29 is 18.0 Å². The van der Waals surface area contributed by atoms with Crippen molar-refractivity contribution in [1.82, 2.24) is 19.9 Å². The Morgan fingerprint density at radius 2 is 1.69 bits per heavy atom. The molecule has 0 saturated heterocycles. The fourth-order valence-electron chi connectivity index (χ4n) is 3.88. The van der Waals surface area contributed by atoms with Gasteiger partial charge in [0.25, 0.3) is 5.91 Å². The molecule has 0 radical (unpaired) electrons. The average Bonchev–Trinajstić information content (AvgIpc) is 2.90. The maximum absolute atomic E-state index is 13.1. The number of rotatable bonds is 5. The van der Waals surface area contributed by atoms with Gasteiger partial charge in [-0.3, -0.25) is 14.8 Å². The number of carbonyl (C=O) groups excluding carboxylic acids is 1. The third kappa shape index (κ3) is 5.80. The Balaban J connectivity index is 1.42. The molecule has 5 rings (SSSR count). The number of hydrogen-bond acceptors (Lipinski definition) is 6. The molecule has 39 heavy (non-hydrogen) atoms. The van der Waals surface area contributed by atoms with Gasteiger partial charge in [0, 0.05) is 27.9 Å². The highest BCUT2D eigenvalue weighted by molar-refractivity contribution is 6.34. The molecule has 0 atom stereocenters. The van der Waals surface area contributed by atoms with Gasteiger partial charge < -0.3 is 10.6 Å². The third-order valence-electron chi connectivity index (χ3n) is 5.93. The molecule has 11 heteroatoms. The number of alkyl halides is 3. The first-order chi connectivity index (χ1) is 18.6. The molecular formula is C28H20ClF3N6O. The standard InChI is InChI=1S/C28H20ClF3N6O/c1-15-6-8-19(35-26(39)17-4-3-5-18(10-17)28(30,31)32)11-21(15)23-12-22-24(14-34-23)37-27(38-25(22)29)36-20-9-7-16(2)33-13-20/h3-14H,1-2H3,(H,35,39)(H,36,37,38). The van der Waals surface area contributed by atoms with E-state index in [4.69, 9.17) is 11.6 Å². The molecule has 0 aliphatic heterocycles. The van der Waals surface area contributed by atoms with Crippen LogP contribution in [0.4, 0.5) is 30.5 Å². The molecule has 1 amide bonds. The number of hydrogen-bond donors (Lipinski definition) is 2. The van der Waals surface area contributed by atoms with Gasteiger partial charge >= 0.3 is 6.18 Å². The molecule has 3 aromatic heterocycles. The smallest absolute Gasteiger partial charge is 0.323 e. The monoisotopic (exact) mass is 548 g/mol. The highest BCUT2D eigenvalue weighted by Gasteiger charge is 2.31. The lowest BCUT2D eigenvalue weighted by Gasteiger charge is -2.12. The predicted octanol–water partition coefficient (Wildman–Crippen LogP) is 7.37. The topological polar surface area (TPSA) is 92.7 Å². The highest BCUT2D eigenvalue weighted by atomic mass is 35.5. The number of pyridine rings is 2. The van der Waals surface area contributed by atoms with E-state index < -0.39 is 17.6 Å². The van der Waals surface area contributed by atoms with Gasteiger partial charge in [0.05, 0.1) is 34.9 Å². The second-order valence-corrected chi connectivity index (χ2v) is 9.16. The van der Waals surface area contributed by atoms with Gasteiger partial charge in [0.15, 0.2) is 0 Å². The number of benzene rings is 2. The first-order valence-corrected chi connectivity index (χ1v) is 12.1. The van der Waals surface area contributed by atoms with Gasteiger partial charge in [-0.25, -0.2) is 9.97 Å². The number of nitrogens with zero attached hydrogens (tertiary/aromatic N) is 4. The number of carbonyl (C=O) groups is 1. The minimum atomic E-state index is -4.55. The molecule has 0 spiro atoms. The summed E-state index contributed by atoms with van der Waals surface area (Å²) < 4.78 is 39.2. The molecule has 2 aromatic carbocycles. The number of aryl methyl sites for hydroxylation is 2. The number of anilines is 3. The molecular weight excluding hydrogens is 529 g/mol. The van der Waals surface area contributed by atoms with Crippen LogP contribution in [0.3, 0.4) is 0 Å². The maximum Gasteiger partial charge on any atom is 0.416 e. The molecule has 2 N–H and O–H groups in total. The van der Waals surface area contributed by atoms with Crippen LogP contribution in [0.1, 0.15) is 27.2 Å². The maximum atomic E-state index is 13.1. The van der Waals surface area contributed by atoms with Crippen LogP contribution in [-0.2, 0) is 6.18 Å². The molecule has 0 bridgehead atoms. The van der Waals surface area contributed by atoms with Crippen LogP contribution >= 0.6 is 11.6 Å². The van der Waals surface area contributed by atoms with Gasteiger partial charge in [-0.15, -0.1) is 0 Å². The van der Waals surface area contributed by atoms with E-state index >= 15 is 0 Å². The van der Waals surface area contributed by atoms with E-state index in [1.807, 2.05) is 26.0 Å². The van der Waals surface area contributed by atoms with Crippen LogP contribution in [0, 0.1) is 13.8 Å². The molecule has 3 heterocycles. The lowest BCUT2D eigenvalue weighted by Crippen LogP contribution is -2.14. The minimum Gasteiger partial charge on any atom is -0.323 e. The Morgan fingerprint density at radius 1 is 0.897 bits per heavy atom. The van der Waals surface area contributed by atoms with E-state index in [0.717, 1.165) is 23.4 Å². The van der Waals surface area contributed by atoms with Crippen molar-refractivity contribution in [3.8, 4) is 11.3 Å². The molecule has 0 aliphatic rings. The Labute approximate surface area is 226 Å². The summed E-state index contributed by atoms with van der Waals surface area (Å²) in [5.74, 6) is -0.370. The van der Waals surface area contributed by atoms with Crippen LogP contribution < -0.4 is 10.6 Å². The summed E-state index contributed by atoms with van der Waals surface area (Å²) in [5.41, 5.74) is 3.62. The van der Waals surface area contributed by atoms with Crippen molar-refractivity contribution in [1.29, 1.82) is 0 Å². The summed E-state index contributed by atoms with van der Waals surface area (Å²) in [7, 11) is 0. The number of aromatic nitrogens is 4. The molecule has 0 aliphatic carbocycles. The average molecular weight is 549 g/mol. The SMILES string of the molecule is Cc1ccc(Nc2nc(Cl)c3cc(-c4cc(NC(=O)c5cccc(C(F)(F)F)c5)ccc4C)ncc3n2)cn1. The van der Waals surface area contributed by atoms with Crippen molar-refractivity contribution in [2.45, 2.75) is 20.0 Å². The van der Waals surface area contributed by atoms with Crippen LogP contribution in [0.15, 0.2) is 73.1 Å². The van der Waals surface area contributed by atoms with Gasteiger partial charge in [0.1, 0.15) is 5.15 Å². The van der Waals surface area contributed by atoms with E-state index in [2.05, 4.69) is 30.6 Å². The van der Waals surface area contributed by atoms with E-state index in [0.29, 0.717) is 39.5 Å². The Morgan fingerprint density at radius 3 is 2.44 bits per heavy atom. The highest BCUT2D eigenvalue weighted by Crippen LogP contribution is 2.32. The number of halogens is 4. The zero-order chi connectivity index (χ0) is 27.7. The Bertz CT molecular complexity index is 1710. The fourth-order valence-corrected chi connectivity index (χ4v) is 4.12. The summed E-state index contributed by atoms with van der Waals surface area (Å²) >= 11 is 6.49. The molecule has 5 aromatic rings. The summed E-state index contributed by atoms with van der Waals surface area (Å²) in [6.07, 6.45) is -1.31. The largest absolute Gasteiger partial charge is 0.416 e. The lowest BCUT2D eigenvalue weighted by atomic mass is 10.0. The van der Waals surface area contributed by atoms with Gasteiger partial charge in [-0.1, -0.05) is 23.7 Å². The number of fused-ring (bicyclic) bond motifs is 1. The van der Waals surface area contributed by atoms with Gasteiger partial charge in [-0.2, -0.15) is 13.2 Å².